The minimum Gasteiger partial charge on any atom is -0.305 e. The van der Waals surface area contributed by atoms with E-state index in [0.717, 1.165) is 23.0 Å². The van der Waals surface area contributed by atoms with Crippen molar-refractivity contribution >= 4 is 10.9 Å². The number of fused-ring (bicyclic) bond motifs is 1. The average molecular weight is 281 g/mol. The van der Waals surface area contributed by atoms with Crippen LogP contribution in [0.25, 0.3) is 10.9 Å². The van der Waals surface area contributed by atoms with Crippen LogP contribution in [-0.4, -0.2) is 16.5 Å². The summed E-state index contributed by atoms with van der Waals surface area (Å²) in [7, 11) is 0. The Morgan fingerprint density at radius 2 is 1.86 bits per heavy atom. The van der Waals surface area contributed by atoms with Crippen molar-refractivity contribution in [3.63, 3.8) is 0 Å². The van der Waals surface area contributed by atoms with Gasteiger partial charge in [-0.25, -0.2) is 4.39 Å². The molecular formula is C17H16FN3. The van der Waals surface area contributed by atoms with Gasteiger partial charge < -0.3 is 5.32 Å². The predicted molar refractivity (Wildman–Crippen MR) is 81.5 cm³/mol. The fourth-order valence-corrected chi connectivity index (χ4v) is 2.55. The Morgan fingerprint density at radius 1 is 1.05 bits per heavy atom. The zero-order valence-corrected chi connectivity index (χ0v) is 11.8. The molecule has 1 unspecified atom stereocenters. The van der Waals surface area contributed by atoms with Crippen LogP contribution < -0.4 is 5.32 Å². The Kier molecular flexibility index (Phi) is 3.88. The number of hydrogen-bond donors (Lipinski definition) is 1. The molecule has 0 spiro atoms. The third-order valence-electron chi connectivity index (χ3n) is 3.46. The molecule has 3 nitrogen and oxygen atoms in total. The molecule has 0 aliphatic rings. The lowest BCUT2D eigenvalue weighted by molar-refractivity contribution is 0.544. The van der Waals surface area contributed by atoms with Gasteiger partial charge in [0.15, 0.2) is 0 Å². The molecule has 106 valence electrons. The van der Waals surface area contributed by atoms with Crippen molar-refractivity contribution in [2.75, 3.05) is 6.54 Å². The van der Waals surface area contributed by atoms with E-state index in [1.165, 1.54) is 6.07 Å². The minimum absolute atomic E-state index is 0.288. The fourth-order valence-electron chi connectivity index (χ4n) is 2.55. The molecule has 0 saturated carbocycles. The summed E-state index contributed by atoms with van der Waals surface area (Å²) >= 11 is 0. The van der Waals surface area contributed by atoms with Crippen molar-refractivity contribution in [3.8, 4) is 0 Å². The van der Waals surface area contributed by atoms with Gasteiger partial charge in [-0.3, -0.25) is 9.97 Å². The summed E-state index contributed by atoms with van der Waals surface area (Å²) < 4.78 is 14.1. The Balaban J connectivity index is 2.19. The average Bonchev–Trinajstić information content (AvgIpc) is 2.53. The first-order chi connectivity index (χ1) is 10.3. The van der Waals surface area contributed by atoms with Gasteiger partial charge in [-0.05, 0) is 36.4 Å². The summed E-state index contributed by atoms with van der Waals surface area (Å²) in [6.07, 6.45) is 3.38. The molecular weight excluding hydrogens is 265 g/mol. The first-order valence-corrected chi connectivity index (χ1v) is 6.98. The molecule has 1 atom stereocenters. The first-order valence-electron chi connectivity index (χ1n) is 6.98. The second kappa shape index (κ2) is 5.97. The van der Waals surface area contributed by atoms with Gasteiger partial charge in [-0.1, -0.05) is 25.1 Å². The minimum atomic E-state index is -0.302. The summed E-state index contributed by atoms with van der Waals surface area (Å²) in [5.41, 5.74) is 2.30. The summed E-state index contributed by atoms with van der Waals surface area (Å²) in [5, 5.41) is 4.33. The molecule has 21 heavy (non-hydrogen) atoms. The third-order valence-corrected chi connectivity index (χ3v) is 3.46. The number of halogens is 1. The largest absolute Gasteiger partial charge is 0.305 e. The Bertz CT molecular complexity index is 752. The van der Waals surface area contributed by atoms with Gasteiger partial charge in [0, 0.05) is 17.8 Å². The molecule has 0 radical (unpaired) electrons. The van der Waals surface area contributed by atoms with Crippen molar-refractivity contribution in [2.24, 2.45) is 0 Å². The maximum atomic E-state index is 14.1. The van der Waals surface area contributed by atoms with E-state index in [1.807, 2.05) is 37.3 Å². The van der Waals surface area contributed by atoms with Crippen LogP contribution in [0.4, 0.5) is 4.39 Å². The van der Waals surface area contributed by atoms with Crippen LogP contribution in [0.2, 0.25) is 0 Å². The Labute approximate surface area is 122 Å². The molecule has 0 aliphatic heterocycles. The van der Waals surface area contributed by atoms with Crippen LogP contribution in [0.5, 0.6) is 0 Å². The fraction of sp³-hybridized carbons (Fsp3) is 0.176. The molecule has 0 saturated heterocycles. The maximum absolute atomic E-state index is 14.1. The Hall–Kier alpha value is -2.33. The van der Waals surface area contributed by atoms with Gasteiger partial charge in [-0.2, -0.15) is 0 Å². The standard InChI is InChI=1S/C17H16FN3/c1-2-19-16(17-14(18)8-5-11-21-17)13-6-3-9-15-12(13)7-4-10-20-15/h3-11,16,19H,2H2,1H3. The molecule has 0 bridgehead atoms. The zero-order valence-electron chi connectivity index (χ0n) is 11.8. The number of nitrogens with one attached hydrogen (secondary N) is 1. The normalized spacial score (nSPS) is 12.5. The lowest BCUT2D eigenvalue weighted by Crippen LogP contribution is -2.24. The van der Waals surface area contributed by atoms with Crippen molar-refractivity contribution in [2.45, 2.75) is 13.0 Å². The van der Waals surface area contributed by atoms with Crippen LogP contribution in [0.15, 0.2) is 54.9 Å². The Morgan fingerprint density at radius 3 is 2.67 bits per heavy atom. The topological polar surface area (TPSA) is 37.8 Å². The van der Waals surface area contributed by atoms with Gasteiger partial charge in [0.05, 0.1) is 17.3 Å². The van der Waals surface area contributed by atoms with E-state index in [4.69, 9.17) is 0 Å². The summed E-state index contributed by atoms with van der Waals surface area (Å²) in [4.78, 5) is 8.58. The van der Waals surface area contributed by atoms with Crippen molar-refractivity contribution < 1.29 is 4.39 Å². The van der Waals surface area contributed by atoms with Gasteiger partial charge in [0.1, 0.15) is 5.82 Å². The van der Waals surface area contributed by atoms with Crippen LogP contribution in [0.3, 0.4) is 0 Å². The quantitative estimate of drug-likeness (QED) is 0.795. The molecule has 0 amide bonds. The lowest BCUT2D eigenvalue weighted by atomic mass is 9.98. The summed E-state index contributed by atoms with van der Waals surface area (Å²) in [6, 6.07) is 12.5. The highest BCUT2D eigenvalue weighted by molar-refractivity contribution is 5.82. The highest BCUT2D eigenvalue weighted by atomic mass is 19.1. The van der Waals surface area contributed by atoms with Crippen molar-refractivity contribution in [3.05, 3.63) is 71.9 Å². The predicted octanol–water partition coefficient (Wildman–Crippen LogP) is 3.47. The van der Waals surface area contributed by atoms with Gasteiger partial charge in [-0.15, -0.1) is 0 Å². The lowest BCUT2D eigenvalue weighted by Gasteiger charge is -2.20. The monoisotopic (exact) mass is 281 g/mol. The van der Waals surface area contributed by atoms with E-state index < -0.39 is 0 Å². The van der Waals surface area contributed by atoms with Crippen LogP contribution in [-0.2, 0) is 0 Å². The number of rotatable bonds is 4. The smallest absolute Gasteiger partial charge is 0.146 e. The molecule has 4 heteroatoms. The second-order valence-electron chi connectivity index (χ2n) is 4.78. The van der Waals surface area contributed by atoms with Gasteiger partial charge in [0.2, 0.25) is 0 Å². The number of nitrogens with zero attached hydrogens (tertiary/aromatic N) is 2. The molecule has 2 heterocycles. The zero-order chi connectivity index (χ0) is 14.7. The van der Waals surface area contributed by atoms with Crippen LogP contribution in [0, 0.1) is 5.82 Å². The highest BCUT2D eigenvalue weighted by Crippen LogP contribution is 2.28. The van der Waals surface area contributed by atoms with E-state index in [2.05, 4.69) is 15.3 Å². The van der Waals surface area contributed by atoms with E-state index in [9.17, 15) is 4.39 Å². The third kappa shape index (κ3) is 2.62. The molecule has 2 aromatic heterocycles. The summed E-state index contributed by atoms with van der Waals surface area (Å²) in [6.45, 7) is 2.72. The molecule has 1 aromatic carbocycles. The van der Waals surface area contributed by atoms with E-state index in [1.54, 1.807) is 18.5 Å². The van der Waals surface area contributed by atoms with E-state index in [0.29, 0.717) is 5.69 Å². The maximum Gasteiger partial charge on any atom is 0.146 e. The van der Waals surface area contributed by atoms with Crippen LogP contribution in [0.1, 0.15) is 24.2 Å². The van der Waals surface area contributed by atoms with Crippen LogP contribution >= 0.6 is 0 Å². The SMILES string of the molecule is CCNC(c1ncccc1F)c1cccc2ncccc12. The van der Waals surface area contributed by atoms with E-state index in [-0.39, 0.29) is 11.9 Å². The van der Waals surface area contributed by atoms with Gasteiger partial charge in [0.25, 0.3) is 0 Å². The molecule has 1 N–H and O–H groups in total. The van der Waals surface area contributed by atoms with Gasteiger partial charge >= 0.3 is 0 Å². The number of pyridine rings is 2. The molecule has 3 aromatic rings. The number of hydrogen-bond acceptors (Lipinski definition) is 3. The number of aromatic nitrogens is 2. The van der Waals surface area contributed by atoms with E-state index >= 15 is 0 Å². The number of benzene rings is 1. The van der Waals surface area contributed by atoms with Crippen molar-refractivity contribution in [1.82, 2.24) is 15.3 Å². The molecule has 0 aliphatic carbocycles. The summed E-state index contributed by atoms with van der Waals surface area (Å²) in [5.74, 6) is -0.302. The first kappa shape index (κ1) is 13.6. The molecule has 3 rings (SSSR count). The van der Waals surface area contributed by atoms with Crippen molar-refractivity contribution in [1.29, 1.82) is 0 Å². The molecule has 0 fully saturated rings. The highest BCUT2D eigenvalue weighted by Gasteiger charge is 2.20. The second-order valence-corrected chi connectivity index (χ2v) is 4.78.